The van der Waals surface area contributed by atoms with Crippen molar-refractivity contribution in [2.24, 2.45) is 0 Å². The molecule has 1 aromatic carbocycles. The van der Waals surface area contributed by atoms with Crippen LogP contribution in [0.2, 0.25) is 0 Å². The second-order valence-electron chi connectivity index (χ2n) is 4.94. The van der Waals surface area contributed by atoms with Crippen molar-refractivity contribution in [1.82, 2.24) is 10.2 Å². The summed E-state index contributed by atoms with van der Waals surface area (Å²) < 4.78 is 11.9. The highest BCUT2D eigenvalue weighted by Gasteiger charge is 2.24. The van der Waals surface area contributed by atoms with Crippen LogP contribution in [0.4, 0.5) is 0 Å². The summed E-state index contributed by atoms with van der Waals surface area (Å²) in [5, 5.41) is 3.40. The summed E-state index contributed by atoms with van der Waals surface area (Å²) in [5.74, 6) is 1.55. The molecule has 0 aromatic heterocycles. The third kappa shape index (κ3) is 3.27. The van der Waals surface area contributed by atoms with Crippen LogP contribution in [-0.4, -0.2) is 45.3 Å². The number of benzene rings is 1. The third-order valence-corrected chi connectivity index (χ3v) is 4.53. The number of nitrogens with zero attached hydrogens (tertiary/aromatic N) is 1. The van der Waals surface area contributed by atoms with Gasteiger partial charge >= 0.3 is 0 Å². The lowest BCUT2D eigenvalue weighted by molar-refractivity contribution is 0.168. The van der Waals surface area contributed by atoms with Crippen LogP contribution in [0.15, 0.2) is 16.6 Å². The van der Waals surface area contributed by atoms with Crippen LogP contribution in [0.5, 0.6) is 11.5 Å². The summed E-state index contributed by atoms with van der Waals surface area (Å²) in [6.45, 7) is 6.51. The van der Waals surface area contributed by atoms with Gasteiger partial charge < -0.3 is 14.8 Å². The highest BCUT2D eigenvalue weighted by Crippen LogP contribution is 2.38. The quantitative estimate of drug-likeness (QED) is 0.892. The fourth-order valence-electron chi connectivity index (χ4n) is 2.79. The molecule has 0 bridgehead atoms. The molecule has 0 saturated carbocycles. The molecule has 0 radical (unpaired) electrons. The number of methoxy groups -OCH3 is 2. The van der Waals surface area contributed by atoms with Crippen LogP contribution in [0, 0.1) is 0 Å². The average molecular weight is 343 g/mol. The van der Waals surface area contributed by atoms with Gasteiger partial charge in [-0.25, -0.2) is 0 Å². The van der Waals surface area contributed by atoms with Gasteiger partial charge in [-0.15, -0.1) is 0 Å². The SMILES string of the molecule is CCC(c1cc(OC)c(OC)cc1Br)N1CCNCC1. The van der Waals surface area contributed by atoms with Crippen LogP contribution in [0.25, 0.3) is 0 Å². The van der Waals surface area contributed by atoms with Gasteiger partial charge in [-0.05, 0) is 24.1 Å². The molecule has 112 valence electrons. The Labute approximate surface area is 129 Å². The lowest BCUT2D eigenvalue weighted by Crippen LogP contribution is -2.45. The van der Waals surface area contributed by atoms with E-state index in [-0.39, 0.29) is 0 Å². The number of hydrogen-bond acceptors (Lipinski definition) is 4. The smallest absolute Gasteiger partial charge is 0.161 e. The maximum atomic E-state index is 5.44. The number of piperazine rings is 1. The van der Waals surface area contributed by atoms with Crippen molar-refractivity contribution in [3.63, 3.8) is 0 Å². The first-order valence-electron chi connectivity index (χ1n) is 7.07. The molecule has 1 aliphatic heterocycles. The molecule has 20 heavy (non-hydrogen) atoms. The molecule has 0 aliphatic carbocycles. The summed E-state index contributed by atoms with van der Waals surface area (Å²) in [4.78, 5) is 2.53. The minimum absolute atomic E-state index is 0.409. The van der Waals surface area contributed by atoms with Gasteiger partial charge in [0.05, 0.1) is 14.2 Å². The molecule has 1 heterocycles. The largest absolute Gasteiger partial charge is 0.493 e. The van der Waals surface area contributed by atoms with E-state index < -0.39 is 0 Å². The van der Waals surface area contributed by atoms with Gasteiger partial charge in [-0.3, -0.25) is 4.90 Å². The minimum atomic E-state index is 0.409. The molecule has 1 unspecified atom stereocenters. The molecule has 1 aliphatic rings. The number of halogens is 1. The lowest BCUT2D eigenvalue weighted by atomic mass is 10.0. The second kappa shape index (κ2) is 7.29. The summed E-state index contributed by atoms with van der Waals surface area (Å²) in [6, 6.07) is 4.50. The number of nitrogens with one attached hydrogen (secondary N) is 1. The van der Waals surface area contributed by atoms with E-state index in [0.29, 0.717) is 6.04 Å². The monoisotopic (exact) mass is 342 g/mol. The molecule has 0 spiro atoms. The van der Waals surface area contributed by atoms with Gasteiger partial charge in [0, 0.05) is 36.7 Å². The van der Waals surface area contributed by atoms with Crippen LogP contribution >= 0.6 is 15.9 Å². The van der Waals surface area contributed by atoms with E-state index >= 15 is 0 Å². The Balaban J connectivity index is 2.33. The maximum absolute atomic E-state index is 5.44. The van der Waals surface area contributed by atoms with Gasteiger partial charge in [0.2, 0.25) is 0 Å². The van der Waals surface area contributed by atoms with Crippen molar-refractivity contribution in [2.45, 2.75) is 19.4 Å². The van der Waals surface area contributed by atoms with Gasteiger partial charge in [0.15, 0.2) is 11.5 Å². The van der Waals surface area contributed by atoms with Gasteiger partial charge in [0.25, 0.3) is 0 Å². The van der Waals surface area contributed by atoms with E-state index in [1.807, 2.05) is 6.07 Å². The van der Waals surface area contributed by atoms with E-state index in [0.717, 1.165) is 48.6 Å². The van der Waals surface area contributed by atoms with Crippen LogP contribution in [0.3, 0.4) is 0 Å². The van der Waals surface area contributed by atoms with Crippen molar-refractivity contribution >= 4 is 15.9 Å². The molecule has 1 aromatic rings. The predicted octanol–water partition coefficient (Wildman–Crippen LogP) is 2.82. The Kier molecular flexibility index (Phi) is 5.69. The Morgan fingerprint density at radius 1 is 1.20 bits per heavy atom. The molecule has 0 amide bonds. The first kappa shape index (κ1) is 15.6. The Bertz CT molecular complexity index is 448. The Morgan fingerprint density at radius 3 is 2.35 bits per heavy atom. The molecule has 1 atom stereocenters. The summed E-state index contributed by atoms with van der Waals surface area (Å²) in [7, 11) is 3.35. The zero-order valence-corrected chi connectivity index (χ0v) is 14.0. The zero-order valence-electron chi connectivity index (χ0n) is 12.4. The van der Waals surface area contributed by atoms with Crippen molar-refractivity contribution in [1.29, 1.82) is 0 Å². The van der Waals surface area contributed by atoms with E-state index in [1.54, 1.807) is 14.2 Å². The van der Waals surface area contributed by atoms with Gasteiger partial charge in [-0.2, -0.15) is 0 Å². The molecule has 1 saturated heterocycles. The topological polar surface area (TPSA) is 33.7 Å². The van der Waals surface area contributed by atoms with Crippen LogP contribution in [0.1, 0.15) is 24.9 Å². The Hall–Kier alpha value is -0.780. The van der Waals surface area contributed by atoms with Crippen LogP contribution < -0.4 is 14.8 Å². The van der Waals surface area contributed by atoms with Gasteiger partial charge in [-0.1, -0.05) is 22.9 Å². The predicted molar refractivity (Wildman–Crippen MR) is 84.7 cm³/mol. The molecule has 4 nitrogen and oxygen atoms in total. The molecular weight excluding hydrogens is 320 g/mol. The zero-order chi connectivity index (χ0) is 14.5. The summed E-state index contributed by atoms with van der Waals surface area (Å²) in [5.41, 5.74) is 1.27. The lowest BCUT2D eigenvalue weighted by Gasteiger charge is -2.35. The first-order valence-corrected chi connectivity index (χ1v) is 7.86. The number of rotatable bonds is 5. The van der Waals surface area contributed by atoms with E-state index in [2.05, 4.69) is 39.1 Å². The maximum Gasteiger partial charge on any atom is 0.161 e. The Morgan fingerprint density at radius 2 is 1.80 bits per heavy atom. The highest BCUT2D eigenvalue weighted by molar-refractivity contribution is 9.10. The molecular formula is C15H23BrN2O2. The molecule has 5 heteroatoms. The highest BCUT2D eigenvalue weighted by atomic mass is 79.9. The summed E-state index contributed by atoms with van der Waals surface area (Å²) >= 11 is 3.68. The van der Waals surface area contributed by atoms with Crippen molar-refractivity contribution in [3.05, 3.63) is 22.2 Å². The fourth-order valence-corrected chi connectivity index (χ4v) is 3.38. The average Bonchev–Trinajstić information content (AvgIpc) is 2.50. The fraction of sp³-hybridized carbons (Fsp3) is 0.600. The number of hydrogen-bond donors (Lipinski definition) is 1. The molecule has 1 fully saturated rings. The van der Waals surface area contributed by atoms with E-state index in [4.69, 9.17) is 9.47 Å². The second-order valence-corrected chi connectivity index (χ2v) is 5.79. The van der Waals surface area contributed by atoms with E-state index in [9.17, 15) is 0 Å². The third-order valence-electron chi connectivity index (χ3n) is 3.84. The first-order chi connectivity index (χ1) is 9.71. The van der Waals surface area contributed by atoms with Crippen molar-refractivity contribution in [3.8, 4) is 11.5 Å². The minimum Gasteiger partial charge on any atom is -0.493 e. The standard InChI is InChI=1S/C15H23BrN2O2/c1-4-13(18-7-5-17-6-8-18)11-9-14(19-2)15(20-3)10-12(11)16/h9-10,13,17H,4-8H2,1-3H3. The number of ether oxygens (including phenoxy) is 2. The van der Waals surface area contributed by atoms with Crippen molar-refractivity contribution < 1.29 is 9.47 Å². The van der Waals surface area contributed by atoms with Crippen molar-refractivity contribution in [2.75, 3.05) is 40.4 Å². The molecule has 1 N–H and O–H groups in total. The van der Waals surface area contributed by atoms with Crippen LogP contribution in [-0.2, 0) is 0 Å². The van der Waals surface area contributed by atoms with Gasteiger partial charge in [0.1, 0.15) is 0 Å². The molecule has 2 rings (SSSR count). The summed E-state index contributed by atoms with van der Waals surface area (Å²) in [6.07, 6.45) is 1.08. The normalized spacial score (nSPS) is 17.8. The van der Waals surface area contributed by atoms with E-state index in [1.165, 1.54) is 5.56 Å².